The minimum atomic E-state index is -0.539. The van der Waals surface area contributed by atoms with Gasteiger partial charge in [0.05, 0.1) is 17.6 Å². The third-order valence-electron chi connectivity index (χ3n) is 2.99. The van der Waals surface area contributed by atoms with E-state index >= 15 is 0 Å². The van der Waals surface area contributed by atoms with Crippen LogP contribution in [0.4, 0.5) is 5.69 Å². The van der Waals surface area contributed by atoms with E-state index in [1.54, 1.807) is 38.4 Å². The number of rotatable bonds is 6. The molecular formula is C14H17N3O4S. The number of aryl methyl sites for hydroxylation is 1. The Kier molecular flexibility index (Phi) is 5.26. The Bertz CT molecular complexity index is 623. The lowest BCUT2D eigenvalue weighted by atomic mass is 10.2. The molecule has 0 fully saturated rings. The van der Waals surface area contributed by atoms with Gasteiger partial charge in [0.15, 0.2) is 13.0 Å². The molecule has 1 N–H and O–H groups in total. The molecule has 2 rings (SSSR count). The standard InChI is InChI=1S/C14H17N3O4S/c1-4-11(22-13-14(19)21-16-17(13)2)12(18)15-9-5-7-10(20-3)8-6-9/h5-8,11H,4H2,1-3H3,(H-,15,16,18,19). The van der Waals surface area contributed by atoms with Crippen molar-refractivity contribution in [2.75, 3.05) is 12.4 Å². The molecule has 1 aromatic heterocycles. The third kappa shape index (κ3) is 3.70. The van der Waals surface area contributed by atoms with E-state index in [1.165, 1.54) is 4.68 Å². The molecule has 0 aliphatic heterocycles. The summed E-state index contributed by atoms with van der Waals surface area (Å²) in [4.78, 5) is 12.3. The highest BCUT2D eigenvalue weighted by molar-refractivity contribution is 8.00. The van der Waals surface area contributed by atoms with Crippen LogP contribution in [0.5, 0.6) is 11.7 Å². The number of methoxy groups -OCH3 is 1. The van der Waals surface area contributed by atoms with Gasteiger partial charge in [0.1, 0.15) is 5.75 Å². The number of nitrogens with one attached hydrogen (secondary N) is 1. The average Bonchev–Trinajstić information content (AvgIpc) is 2.84. The fraction of sp³-hybridized carbons (Fsp3) is 0.357. The first-order valence-corrected chi connectivity index (χ1v) is 7.57. The molecule has 0 aliphatic carbocycles. The minimum absolute atomic E-state index is 0.182. The van der Waals surface area contributed by atoms with Gasteiger partial charge in [-0.2, -0.15) is 0 Å². The van der Waals surface area contributed by atoms with Crippen LogP contribution in [0, 0.1) is 0 Å². The first kappa shape index (κ1) is 16.2. The number of hydrogen-bond donors (Lipinski definition) is 1. The molecule has 118 valence electrons. The van der Waals surface area contributed by atoms with Gasteiger partial charge in [-0.05, 0) is 42.4 Å². The Labute approximate surface area is 132 Å². The Morgan fingerprint density at radius 3 is 2.68 bits per heavy atom. The zero-order valence-corrected chi connectivity index (χ0v) is 13.3. The molecule has 0 saturated heterocycles. The Balaban J connectivity index is 2.05. The number of hydrogen-bond acceptors (Lipinski definition) is 6. The molecule has 7 nitrogen and oxygen atoms in total. The van der Waals surface area contributed by atoms with Crippen LogP contribution >= 0.6 is 11.8 Å². The van der Waals surface area contributed by atoms with E-state index in [4.69, 9.17) is 4.74 Å². The largest absolute Gasteiger partial charge is 0.538 e. The van der Waals surface area contributed by atoms with E-state index in [9.17, 15) is 9.90 Å². The maximum absolute atomic E-state index is 12.3. The number of anilines is 1. The highest BCUT2D eigenvalue weighted by Crippen LogP contribution is 2.28. The molecule has 0 aliphatic rings. The summed E-state index contributed by atoms with van der Waals surface area (Å²) in [7, 11) is 3.18. The van der Waals surface area contributed by atoms with Gasteiger partial charge in [0.25, 0.3) is 5.03 Å². The van der Waals surface area contributed by atoms with Crippen molar-refractivity contribution in [2.24, 2.45) is 7.05 Å². The zero-order valence-electron chi connectivity index (χ0n) is 12.5. The first-order chi connectivity index (χ1) is 10.5. The lowest BCUT2D eigenvalue weighted by molar-refractivity contribution is -0.772. The highest BCUT2D eigenvalue weighted by atomic mass is 32.2. The van der Waals surface area contributed by atoms with E-state index < -0.39 is 11.2 Å². The molecular weight excluding hydrogens is 306 g/mol. The van der Waals surface area contributed by atoms with Crippen molar-refractivity contribution in [3.63, 3.8) is 0 Å². The van der Waals surface area contributed by atoms with Gasteiger partial charge in [-0.3, -0.25) is 4.79 Å². The van der Waals surface area contributed by atoms with Gasteiger partial charge in [-0.15, -0.1) is 0 Å². The van der Waals surface area contributed by atoms with Crippen molar-refractivity contribution in [1.29, 1.82) is 0 Å². The summed E-state index contributed by atoms with van der Waals surface area (Å²) >= 11 is 1.14. The Morgan fingerprint density at radius 1 is 1.50 bits per heavy atom. The number of thioether (sulfide) groups is 1. The fourth-order valence-electron chi connectivity index (χ4n) is 1.79. The lowest BCUT2D eigenvalue weighted by Gasteiger charge is -2.13. The van der Waals surface area contributed by atoms with E-state index in [0.29, 0.717) is 22.9 Å². The van der Waals surface area contributed by atoms with Crippen molar-refractivity contribution in [3.8, 4) is 11.7 Å². The van der Waals surface area contributed by atoms with Gasteiger partial charge in [0, 0.05) is 5.69 Å². The second kappa shape index (κ2) is 7.17. The number of carbonyl (C=O) groups excluding carboxylic acids is 1. The van der Waals surface area contributed by atoms with Gasteiger partial charge in [-0.25, -0.2) is 0 Å². The predicted molar refractivity (Wildman–Crippen MR) is 78.7 cm³/mol. The van der Waals surface area contributed by atoms with Crippen LogP contribution in [-0.2, 0) is 11.8 Å². The third-order valence-corrected chi connectivity index (χ3v) is 4.48. The molecule has 22 heavy (non-hydrogen) atoms. The minimum Gasteiger partial charge on any atom is -0.538 e. The summed E-state index contributed by atoms with van der Waals surface area (Å²) in [5.74, 6) is -0.00614. The normalized spacial score (nSPS) is 12.0. The summed E-state index contributed by atoms with van der Waals surface area (Å²) < 4.78 is 11.0. The number of nitrogens with zero attached hydrogens (tertiary/aromatic N) is 2. The molecule has 0 saturated carbocycles. The molecule has 0 spiro atoms. The molecule has 1 heterocycles. The Morgan fingerprint density at radius 2 is 2.18 bits per heavy atom. The molecule has 1 aromatic carbocycles. The van der Waals surface area contributed by atoms with Crippen molar-refractivity contribution < 1.29 is 23.8 Å². The van der Waals surface area contributed by atoms with Gasteiger partial charge in [-0.1, -0.05) is 11.6 Å². The molecule has 8 heteroatoms. The second-order valence-electron chi connectivity index (χ2n) is 4.52. The van der Waals surface area contributed by atoms with E-state index in [-0.39, 0.29) is 5.91 Å². The number of ether oxygens (including phenoxy) is 1. The number of benzene rings is 1. The molecule has 1 unspecified atom stereocenters. The molecule has 1 atom stereocenters. The van der Waals surface area contributed by atoms with Crippen LogP contribution in [0.15, 0.2) is 33.8 Å². The number of carbonyl (C=O) groups is 1. The van der Waals surface area contributed by atoms with Crippen LogP contribution in [0.2, 0.25) is 0 Å². The van der Waals surface area contributed by atoms with Gasteiger partial charge in [0.2, 0.25) is 5.91 Å². The monoisotopic (exact) mass is 323 g/mol. The molecule has 0 bridgehead atoms. The summed E-state index contributed by atoms with van der Waals surface area (Å²) in [5.41, 5.74) is 0.668. The van der Waals surface area contributed by atoms with Crippen molar-refractivity contribution in [2.45, 2.75) is 23.6 Å². The van der Waals surface area contributed by atoms with Crippen LogP contribution < -0.4 is 19.8 Å². The summed E-state index contributed by atoms with van der Waals surface area (Å²) in [6, 6.07) is 7.04. The van der Waals surface area contributed by atoms with Crippen LogP contribution in [0.1, 0.15) is 13.3 Å². The smallest absolute Gasteiger partial charge is 0.291 e. The van der Waals surface area contributed by atoms with Crippen LogP contribution in [-0.4, -0.2) is 23.5 Å². The SMILES string of the molecule is CCC(Sc1c([O-])on[n+]1C)C(=O)Nc1ccc(OC)cc1. The number of amides is 1. The topological polar surface area (TPSA) is 91.3 Å². The molecule has 0 radical (unpaired) electrons. The van der Waals surface area contributed by atoms with E-state index in [0.717, 1.165) is 11.8 Å². The van der Waals surface area contributed by atoms with Crippen molar-refractivity contribution in [3.05, 3.63) is 24.3 Å². The van der Waals surface area contributed by atoms with Gasteiger partial charge >= 0.3 is 0 Å². The van der Waals surface area contributed by atoms with Crippen molar-refractivity contribution >= 4 is 23.4 Å². The molecule has 1 amide bonds. The lowest BCUT2D eigenvalue weighted by Crippen LogP contribution is -2.34. The van der Waals surface area contributed by atoms with Crippen LogP contribution in [0.3, 0.4) is 0 Å². The number of aromatic nitrogens is 2. The second-order valence-corrected chi connectivity index (χ2v) is 5.71. The maximum Gasteiger partial charge on any atom is 0.291 e. The predicted octanol–water partition coefficient (Wildman–Crippen LogP) is 1.09. The van der Waals surface area contributed by atoms with E-state index in [2.05, 4.69) is 15.1 Å². The molecule has 2 aromatic rings. The summed E-state index contributed by atoms with van der Waals surface area (Å²) in [5, 5.41) is 17.8. The van der Waals surface area contributed by atoms with Gasteiger partial charge < -0.3 is 19.7 Å². The first-order valence-electron chi connectivity index (χ1n) is 6.69. The highest BCUT2D eigenvalue weighted by Gasteiger charge is 2.25. The summed E-state index contributed by atoms with van der Waals surface area (Å²) in [6.07, 6.45) is 0.567. The van der Waals surface area contributed by atoms with Crippen molar-refractivity contribution in [1.82, 2.24) is 5.27 Å². The van der Waals surface area contributed by atoms with Crippen LogP contribution in [0.25, 0.3) is 0 Å². The fourth-order valence-corrected chi connectivity index (χ4v) is 2.71. The summed E-state index contributed by atoms with van der Waals surface area (Å²) in [6.45, 7) is 1.88. The average molecular weight is 323 g/mol. The zero-order chi connectivity index (χ0) is 16.1. The maximum atomic E-state index is 12.3. The quantitative estimate of drug-likeness (QED) is 0.632. The van der Waals surface area contributed by atoms with E-state index in [1.807, 2.05) is 6.92 Å². The Hall–Kier alpha value is -2.22.